The van der Waals surface area contributed by atoms with Crippen molar-refractivity contribution >= 4 is 34.0 Å². The fourth-order valence-electron chi connectivity index (χ4n) is 2.88. The third-order valence-corrected chi connectivity index (χ3v) is 5.30. The Bertz CT molecular complexity index is 1150. The molecule has 0 unspecified atom stereocenters. The standard InChI is InChI=1S/C23H18N2O3S/c26-21(28-14-20-15-29-23(25-20)17-7-2-1-3-8-17)13-24-22(27)19-11-10-16-6-4-5-9-18(16)12-19/h1-12,15H,13-14H2,(H,24,27). The SMILES string of the molecule is O=C(CNC(=O)c1ccc2ccccc2c1)OCc1csc(-c2ccccc2)n1. The van der Waals surface area contributed by atoms with E-state index in [4.69, 9.17) is 4.74 Å². The van der Waals surface area contributed by atoms with Gasteiger partial charge in [-0.2, -0.15) is 0 Å². The number of aromatic nitrogens is 1. The monoisotopic (exact) mass is 402 g/mol. The lowest BCUT2D eigenvalue weighted by Gasteiger charge is -2.06. The molecule has 1 aromatic heterocycles. The van der Waals surface area contributed by atoms with Crippen LogP contribution in [0.2, 0.25) is 0 Å². The second-order valence-corrected chi connectivity index (χ2v) is 7.27. The lowest BCUT2D eigenvalue weighted by atomic mass is 10.1. The van der Waals surface area contributed by atoms with Crippen molar-refractivity contribution in [2.24, 2.45) is 0 Å². The van der Waals surface area contributed by atoms with Gasteiger partial charge in [0, 0.05) is 16.5 Å². The van der Waals surface area contributed by atoms with Crippen LogP contribution in [0.4, 0.5) is 0 Å². The van der Waals surface area contributed by atoms with Crippen LogP contribution >= 0.6 is 11.3 Å². The number of carbonyl (C=O) groups is 2. The molecule has 0 aliphatic heterocycles. The van der Waals surface area contributed by atoms with Crippen LogP contribution in [0.3, 0.4) is 0 Å². The first-order chi connectivity index (χ1) is 14.2. The first-order valence-electron chi connectivity index (χ1n) is 9.11. The molecule has 3 aromatic carbocycles. The zero-order chi connectivity index (χ0) is 20.1. The maximum atomic E-state index is 12.3. The summed E-state index contributed by atoms with van der Waals surface area (Å²) in [6, 6.07) is 23.0. The maximum Gasteiger partial charge on any atom is 0.325 e. The van der Waals surface area contributed by atoms with Crippen molar-refractivity contribution in [1.82, 2.24) is 10.3 Å². The molecule has 1 N–H and O–H groups in total. The molecule has 1 amide bonds. The minimum atomic E-state index is -0.506. The highest BCUT2D eigenvalue weighted by Gasteiger charge is 2.11. The number of nitrogens with zero attached hydrogens (tertiary/aromatic N) is 1. The molecule has 0 aliphatic carbocycles. The number of nitrogens with one attached hydrogen (secondary N) is 1. The summed E-state index contributed by atoms with van der Waals surface area (Å²) in [7, 11) is 0. The molecule has 0 aliphatic rings. The summed E-state index contributed by atoms with van der Waals surface area (Å²) >= 11 is 1.50. The van der Waals surface area contributed by atoms with Gasteiger partial charge in [0.1, 0.15) is 18.2 Å². The summed E-state index contributed by atoms with van der Waals surface area (Å²) in [6.45, 7) is -0.116. The molecule has 0 saturated carbocycles. The second kappa shape index (κ2) is 8.67. The molecule has 4 aromatic rings. The van der Waals surface area contributed by atoms with Gasteiger partial charge in [-0.1, -0.05) is 60.7 Å². The van der Waals surface area contributed by atoms with Gasteiger partial charge in [0.15, 0.2) is 0 Å². The third-order valence-electron chi connectivity index (χ3n) is 4.36. The van der Waals surface area contributed by atoms with Crippen molar-refractivity contribution in [2.75, 3.05) is 6.54 Å². The number of rotatable bonds is 6. The molecular formula is C23H18N2O3S. The van der Waals surface area contributed by atoms with Gasteiger partial charge < -0.3 is 10.1 Å². The number of benzene rings is 3. The molecule has 0 radical (unpaired) electrons. The van der Waals surface area contributed by atoms with Gasteiger partial charge in [-0.15, -0.1) is 11.3 Å². The first-order valence-corrected chi connectivity index (χ1v) is 9.99. The molecule has 5 nitrogen and oxygen atoms in total. The zero-order valence-corrected chi connectivity index (χ0v) is 16.3. The Morgan fingerprint density at radius 3 is 2.52 bits per heavy atom. The van der Waals surface area contributed by atoms with Crippen molar-refractivity contribution in [2.45, 2.75) is 6.61 Å². The Hall–Kier alpha value is -3.51. The summed E-state index contributed by atoms with van der Waals surface area (Å²) in [5.41, 5.74) is 2.21. The largest absolute Gasteiger partial charge is 0.458 e. The normalized spacial score (nSPS) is 10.6. The Morgan fingerprint density at radius 2 is 1.69 bits per heavy atom. The Kier molecular flexibility index (Phi) is 5.63. The lowest BCUT2D eigenvalue weighted by molar-refractivity contribution is -0.143. The number of hydrogen-bond acceptors (Lipinski definition) is 5. The third kappa shape index (κ3) is 4.67. The van der Waals surface area contributed by atoms with E-state index in [9.17, 15) is 9.59 Å². The zero-order valence-electron chi connectivity index (χ0n) is 15.5. The van der Waals surface area contributed by atoms with Crippen LogP contribution in [0.1, 0.15) is 16.1 Å². The minimum absolute atomic E-state index is 0.0774. The molecule has 1 heterocycles. The first kappa shape index (κ1) is 18.8. The average Bonchev–Trinajstić information content (AvgIpc) is 3.25. The Morgan fingerprint density at radius 1 is 0.931 bits per heavy atom. The van der Waals surface area contributed by atoms with Crippen molar-refractivity contribution in [1.29, 1.82) is 0 Å². The van der Waals surface area contributed by atoms with E-state index in [2.05, 4.69) is 10.3 Å². The molecule has 0 saturated heterocycles. The fourth-order valence-corrected chi connectivity index (χ4v) is 3.69. The van der Waals surface area contributed by atoms with E-state index >= 15 is 0 Å². The second-order valence-electron chi connectivity index (χ2n) is 6.42. The van der Waals surface area contributed by atoms with Crippen molar-refractivity contribution in [3.05, 3.63) is 89.4 Å². The van der Waals surface area contributed by atoms with E-state index in [0.29, 0.717) is 11.3 Å². The molecule has 0 fully saturated rings. The Balaban J connectivity index is 1.28. The van der Waals surface area contributed by atoms with Crippen LogP contribution in [0.15, 0.2) is 78.2 Å². The van der Waals surface area contributed by atoms with E-state index < -0.39 is 5.97 Å². The highest BCUT2D eigenvalue weighted by molar-refractivity contribution is 7.13. The number of esters is 1. The molecule has 29 heavy (non-hydrogen) atoms. The summed E-state index contributed by atoms with van der Waals surface area (Å²) < 4.78 is 5.22. The van der Waals surface area contributed by atoms with Crippen molar-refractivity contribution in [3.8, 4) is 10.6 Å². The van der Waals surface area contributed by atoms with Crippen LogP contribution < -0.4 is 5.32 Å². The quantitative estimate of drug-likeness (QED) is 0.484. The molecule has 144 valence electrons. The predicted octanol–water partition coefficient (Wildman–Crippen LogP) is 4.44. The number of hydrogen-bond donors (Lipinski definition) is 1. The van der Waals surface area contributed by atoms with Crippen molar-refractivity contribution < 1.29 is 14.3 Å². The molecule has 4 rings (SSSR count). The van der Waals surface area contributed by atoms with Crippen LogP contribution in [0.25, 0.3) is 21.3 Å². The van der Waals surface area contributed by atoms with E-state index in [1.807, 2.05) is 66.0 Å². The summed E-state index contributed by atoms with van der Waals surface area (Å²) in [6.07, 6.45) is 0. The van der Waals surface area contributed by atoms with E-state index in [1.165, 1.54) is 11.3 Å². The van der Waals surface area contributed by atoms with Crippen molar-refractivity contribution in [3.63, 3.8) is 0 Å². The number of carbonyl (C=O) groups excluding carboxylic acids is 2. The predicted molar refractivity (Wildman–Crippen MR) is 114 cm³/mol. The summed E-state index contributed by atoms with van der Waals surface area (Å²) in [5, 5.41) is 7.37. The van der Waals surface area contributed by atoms with Crippen LogP contribution in [-0.2, 0) is 16.1 Å². The highest BCUT2D eigenvalue weighted by atomic mass is 32.1. The van der Waals surface area contributed by atoms with Gasteiger partial charge in [-0.25, -0.2) is 4.98 Å². The summed E-state index contributed by atoms with van der Waals surface area (Å²) in [5.74, 6) is -0.818. The molecule has 6 heteroatoms. The molecule has 0 atom stereocenters. The van der Waals surface area contributed by atoms with Gasteiger partial charge in [0.05, 0.1) is 5.69 Å². The van der Waals surface area contributed by atoms with Crippen LogP contribution in [-0.4, -0.2) is 23.4 Å². The van der Waals surface area contributed by atoms with Gasteiger partial charge in [-0.05, 0) is 22.9 Å². The van der Waals surface area contributed by atoms with E-state index in [1.54, 1.807) is 12.1 Å². The summed E-state index contributed by atoms with van der Waals surface area (Å²) in [4.78, 5) is 28.8. The number of ether oxygens (including phenoxy) is 1. The number of amides is 1. The molecule has 0 spiro atoms. The number of fused-ring (bicyclic) bond motifs is 1. The van der Waals surface area contributed by atoms with Gasteiger partial charge in [-0.3, -0.25) is 9.59 Å². The van der Waals surface area contributed by atoms with Crippen LogP contribution in [0, 0.1) is 0 Å². The Labute approximate surface area is 172 Å². The molecular weight excluding hydrogens is 384 g/mol. The minimum Gasteiger partial charge on any atom is -0.458 e. The highest BCUT2D eigenvalue weighted by Crippen LogP contribution is 2.23. The smallest absolute Gasteiger partial charge is 0.325 e. The average molecular weight is 402 g/mol. The van der Waals surface area contributed by atoms with E-state index in [-0.39, 0.29) is 19.1 Å². The van der Waals surface area contributed by atoms with Crippen LogP contribution in [0.5, 0.6) is 0 Å². The number of thiazole rings is 1. The maximum absolute atomic E-state index is 12.3. The van der Waals surface area contributed by atoms with Gasteiger partial charge in [0.25, 0.3) is 5.91 Å². The topological polar surface area (TPSA) is 68.3 Å². The van der Waals surface area contributed by atoms with Gasteiger partial charge >= 0.3 is 5.97 Å². The van der Waals surface area contributed by atoms with Gasteiger partial charge in [0.2, 0.25) is 0 Å². The fraction of sp³-hybridized carbons (Fsp3) is 0.0870. The van der Waals surface area contributed by atoms with E-state index in [0.717, 1.165) is 21.3 Å². The lowest BCUT2D eigenvalue weighted by Crippen LogP contribution is -2.30. The molecule has 0 bridgehead atoms.